The number of aryl methyl sites for hydroxylation is 1. The predicted octanol–water partition coefficient (Wildman–Crippen LogP) is 2.80. The molecule has 0 saturated heterocycles. The topological polar surface area (TPSA) is 53.7 Å². The zero-order valence-corrected chi connectivity index (χ0v) is 11.3. The van der Waals surface area contributed by atoms with Crippen LogP contribution in [-0.2, 0) is 13.0 Å². The Kier molecular flexibility index (Phi) is 6.92. The molecule has 1 rings (SSSR count). The molecule has 17 heavy (non-hydrogen) atoms. The van der Waals surface area contributed by atoms with Crippen molar-refractivity contribution in [1.29, 1.82) is 0 Å². The molecule has 0 bridgehead atoms. The fraction of sp³-hybridized carbons (Fsp3) is 0.583. The van der Waals surface area contributed by atoms with Crippen molar-refractivity contribution in [3.63, 3.8) is 0 Å². The molecular formula is C12H20ClNO3. The lowest BCUT2D eigenvalue weighted by atomic mass is 10.2. The summed E-state index contributed by atoms with van der Waals surface area (Å²) in [6.45, 7) is 8.81. The van der Waals surface area contributed by atoms with Gasteiger partial charge in [-0.25, -0.2) is 4.79 Å². The number of carboxylic acids is 1. The molecule has 0 aliphatic carbocycles. The standard InChI is InChI=1S/C12H19NO3.ClH/c1-4-10-9(8-13(5-2)6-3)7-11(16-10)12(14)15;/h7H,4-6,8H2,1-3H3,(H,14,15);1H. The van der Waals surface area contributed by atoms with E-state index in [1.54, 1.807) is 6.07 Å². The van der Waals surface area contributed by atoms with E-state index in [-0.39, 0.29) is 18.2 Å². The second kappa shape index (κ2) is 7.35. The van der Waals surface area contributed by atoms with Crippen LogP contribution >= 0.6 is 12.4 Å². The van der Waals surface area contributed by atoms with Crippen molar-refractivity contribution in [2.75, 3.05) is 13.1 Å². The lowest BCUT2D eigenvalue weighted by molar-refractivity contribution is 0.0660. The maximum atomic E-state index is 10.8. The van der Waals surface area contributed by atoms with Crippen molar-refractivity contribution in [3.8, 4) is 0 Å². The van der Waals surface area contributed by atoms with Gasteiger partial charge < -0.3 is 9.52 Å². The molecular weight excluding hydrogens is 242 g/mol. The van der Waals surface area contributed by atoms with E-state index in [9.17, 15) is 4.79 Å². The van der Waals surface area contributed by atoms with Gasteiger partial charge in [-0.15, -0.1) is 12.4 Å². The van der Waals surface area contributed by atoms with Gasteiger partial charge in [-0.05, 0) is 19.2 Å². The van der Waals surface area contributed by atoms with Gasteiger partial charge >= 0.3 is 5.97 Å². The van der Waals surface area contributed by atoms with Gasteiger partial charge in [-0.2, -0.15) is 0 Å². The van der Waals surface area contributed by atoms with Crippen LogP contribution < -0.4 is 0 Å². The first-order valence-electron chi connectivity index (χ1n) is 5.69. The van der Waals surface area contributed by atoms with Gasteiger partial charge in [0.25, 0.3) is 0 Å². The first-order chi connectivity index (χ1) is 7.62. The van der Waals surface area contributed by atoms with Gasteiger partial charge in [0.15, 0.2) is 0 Å². The molecule has 0 spiro atoms. The second-order valence-corrected chi connectivity index (χ2v) is 3.68. The second-order valence-electron chi connectivity index (χ2n) is 3.68. The molecule has 0 radical (unpaired) electrons. The molecule has 0 atom stereocenters. The summed E-state index contributed by atoms with van der Waals surface area (Å²) in [5, 5.41) is 8.86. The van der Waals surface area contributed by atoms with Gasteiger partial charge in [0.05, 0.1) is 0 Å². The summed E-state index contributed by atoms with van der Waals surface area (Å²) in [5.74, 6) is -0.177. The van der Waals surface area contributed by atoms with Crippen molar-refractivity contribution < 1.29 is 14.3 Å². The Balaban J connectivity index is 0.00000256. The summed E-state index contributed by atoms with van der Waals surface area (Å²) in [5.41, 5.74) is 0.989. The molecule has 1 aromatic rings. The third kappa shape index (κ3) is 4.06. The quantitative estimate of drug-likeness (QED) is 0.856. The van der Waals surface area contributed by atoms with Crippen molar-refractivity contribution in [1.82, 2.24) is 4.90 Å². The molecule has 5 heteroatoms. The molecule has 1 aromatic heterocycles. The molecule has 0 aromatic carbocycles. The van der Waals surface area contributed by atoms with Gasteiger partial charge in [0, 0.05) is 18.5 Å². The molecule has 0 fully saturated rings. The SMILES string of the molecule is CCc1oc(C(=O)O)cc1CN(CC)CC.Cl. The van der Waals surface area contributed by atoms with Crippen molar-refractivity contribution in [3.05, 3.63) is 23.2 Å². The number of aromatic carboxylic acids is 1. The summed E-state index contributed by atoms with van der Waals surface area (Å²) in [6, 6.07) is 1.64. The minimum atomic E-state index is -1.000. The fourth-order valence-electron chi connectivity index (χ4n) is 1.69. The molecule has 0 unspecified atom stereocenters. The number of rotatable bonds is 6. The molecule has 0 aliphatic heterocycles. The first kappa shape index (κ1) is 16.0. The maximum Gasteiger partial charge on any atom is 0.371 e. The lowest BCUT2D eigenvalue weighted by Gasteiger charge is -2.17. The smallest absolute Gasteiger partial charge is 0.371 e. The van der Waals surface area contributed by atoms with E-state index in [0.717, 1.165) is 37.4 Å². The average molecular weight is 262 g/mol. The van der Waals surface area contributed by atoms with Crippen LogP contribution in [0.15, 0.2) is 10.5 Å². The zero-order chi connectivity index (χ0) is 12.1. The van der Waals surface area contributed by atoms with Crippen molar-refractivity contribution in [2.45, 2.75) is 33.7 Å². The first-order valence-corrected chi connectivity index (χ1v) is 5.69. The van der Waals surface area contributed by atoms with E-state index < -0.39 is 5.97 Å². The Morgan fingerprint density at radius 1 is 1.35 bits per heavy atom. The van der Waals surface area contributed by atoms with E-state index in [4.69, 9.17) is 9.52 Å². The van der Waals surface area contributed by atoms with Gasteiger partial charge in [-0.1, -0.05) is 20.8 Å². The largest absolute Gasteiger partial charge is 0.475 e. The van der Waals surface area contributed by atoms with Crippen LogP contribution in [0.2, 0.25) is 0 Å². The highest BCUT2D eigenvalue weighted by molar-refractivity contribution is 5.85. The van der Waals surface area contributed by atoms with Gasteiger partial charge in [0.2, 0.25) is 5.76 Å². The van der Waals surface area contributed by atoms with E-state index in [2.05, 4.69) is 18.7 Å². The van der Waals surface area contributed by atoms with Crippen LogP contribution in [0, 0.1) is 0 Å². The zero-order valence-electron chi connectivity index (χ0n) is 10.5. The Labute approximate surface area is 108 Å². The van der Waals surface area contributed by atoms with Crippen LogP contribution in [0.25, 0.3) is 0 Å². The molecule has 0 amide bonds. The van der Waals surface area contributed by atoms with Crippen LogP contribution in [0.5, 0.6) is 0 Å². The number of furan rings is 1. The lowest BCUT2D eigenvalue weighted by Crippen LogP contribution is -2.22. The molecule has 98 valence electrons. The number of carboxylic acid groups (broad SMARTS) is 1. The number of hydrogen-bond acceptors (Lipinski definition) is 3. The van der Waals surface area contributed by atoms with Gasteiger partial charge in [0.1, 0.15) is 5.76 Å². The summed E-state index contributed by atoms with van der Waals surface area (Å²) in [7, 11) is 0. The Hall–Kier alpha value is -1.00. The highest BCUT2D eigenvalue weighted by Gasteiger charge is 2.15. The van der Waals surface area contributed by atoms with Gasteiger partial charge in [-0.3, -0.25) is 4.90 Å². The monoisotopic (exact) mass is 261 g/mol. The van der Waals surface area contributed by atoms with Crippen LogP contribution in [0.1, 0.15) is 42.6 Å². The maximum absolute atomic E-state index is 10.8. The van der Waals surface area contributed by atoms with Crippen molar-refractivity contribution in [2.24, 2.45) is 0 Å². The summed E-state index contributed by atoms with van der Waals surface area (Å²) in [6.07, 6.45) is 0.726. The van der Waals surface area contributed by atoms with E-state index in [1.807, 2.05) is 6.92 Å². The molecule has 1 N–H and O–H groups in total. The third-order valence-electron chi connectivity index (χ3n) is 2.72. The average Bonchev–Trinajstić information content (AvgIpc) is 2.69. The normalized spacial score (nSPS) is 10.4. The predicted molar refractivity (Wildman–Crippen MR) is 68.9 cm³/mol. The van der Waals surface area contributed by atoms with Crippen LogP contribution in [0.4, 0.5) is 0 Å². The van der Waals surface area contributed by atoms with E-state index in [1.165, 1.54) is 0 Å². The summed E-state index contributed by atoms with van der Waals surface area (Å²) in [4.78, 5) is 13.0. The number of hydrogen-bond donors (Lipinski definition) is 1. The Morgan fingerprint density at radius 3 is 2.35 bits per heavy atom. The molecule has 4 nitrogen and oxygen atoms in total. The molecule has 0 saturated carbocycles. The summed E-state index contributed by atoms with van der Waals surface area (Å²) < 4.78 is 5.29. The number of halogens is 1. The molecule has 1 heterocycles. The number of carbonyl (C=O) groups is 1. The Bertz CT molecular complexity index is 359. The highest BCUT2D eigenvalue weighted by Crippen LogP contribution is 2.18. The number of nitrogens with zero attached hydrogens (tertiary/aromatic N) is 1. The summed E-state index contributed by atoms with van der Waals surface area (Å²) >= 11 is 0. The van der Waals surface area contributed by atoms with E-state index >= 15 is 0 Å². The van der Waals surface area contributed by atoms with Crippen molar-refractivity contribution >= 4 is 18.4 Å². The van der Waals surface area contributed by atoms with Crippen LogP contribution in [-0.4, -0.2) is 29.1 Å². The highest BCUT2D eigenvalue weighted by atomic mass is 35.5. The van der Waals surface area contributed by atoms with E-state index in [0.29, 0.717) is 0 Å². The Morgan fingerprint density at radius 2 is 1.94 bits per heavy atom. The minimum Gasteiger partial charge on any atom is -0.475 e. The third-order valence-corrected chi connectivity index (χ3v) is 2.72. The fourth-order valence-corrected chi connectivity index (χ4v) is 1.69. The minimum absolute atomic E-state index is 0. The molecule has 0 aliphatic rings. The van der Waals surface area contributed by atoms with Crippen LogP contribution in [0.3, 0.4) is 0 Å².